The number of carbonyl (C=O) groups is 1. The molecule has 0 aliphatic rings. The first-order valence-electron chi connectivity index (χ1n) is 6.85. The number of phenols is 1. The van der Waals surface area contributed by atoms with Crippen molar-refractivity contribution in [3.8, 4) is 5.75 Å². The summed E-state index contributed by atoms with van der Waals surface area (Å²) in [5.74, 6) is -0.163. The Morgan fingerprint density at radius 1 is 1.14 bits per heavy atom. The van der Waals surface area contributed by atoms with Crippen LogP contribution >= 0.6 is 0 Å². The van der Waals surface area contributed by atoms with E-state index in [-0.39, 0.29) is 11.7 Å². The van der Waals surface area contributed by atoms with Gasteiger partial charge in [0, 0.05) is 20.1 Å². The number of nitrogens with two attached hydrogens (primary N) is 1. The maximum Gasteiger partial charge on any atom is 0.257 e. The van der Waals surface area contributed by atoms with E-state index in [1.807, 2.05) is 24.3 Å². The Bertz CT molecular complexity index is 653. The quantitative estimate of drug-likeness (QED) is 0.906. The number of benzene rings is 2. The van der Waals surface area contributed by atoms with E-state index in [4.69, 9.17) is 5.73 Å². The van der Waals surface area contributed by atoms with Crippen molar-refractivity contribution in [2.24, 2.45) is 5.73 Å². The molecule has 0 saturated heterocycles. The van der Waals surface area contributed by atoms with Gasteiger partial charge in [0.1, 0.15) is 5.75 Å². The fourth-order valence-corrected chi connectivity index (χ4v) is 2.28. The zero-order valence-electron chi connectivity index (χ0n) is 12.3. The van der Waals surface area contributed by atoms with Gasteiger partial charge in [-0.25, -0.2) is 0 Å². The van der Waals surface area contributed by atoms with Crippen LogP contribution in [0.15, 0.2) is 42.5 Å². The lowest BCUT2D eigenvalue weighted by molar-refractivity contribution is 0.0781. The second-order valence-corrected chi connectivity index (χ2v) is 5.11. The van der Waals surface area contributed by atoms with Crippen LogP contribution in [0.1, 0.15) is 27.0 Å². The van der Waals surface area contributed by atoms with Gasteiger partial charge in [0.05, 0.1) is 5.56 Å². The molecule has 4 heteroatoms. The zero-order valence-corrected chi connectivity index (χ0v) is 12.3. The fourth-order valence-electron chi connectivity index (χ4n) is 2.28. The molecule has 0 aliphatic heterocycles. The van der Waals surface area contributed by atoms with Crippen molar-refractivity contribution in [2.75, 3.05) is 7.05 Å². The van der Waals surface area contributed by atoms with Gasteiger partial charge in [0.15, 0.2) is 0 Å². The number of carbonyl (C=O) groups excluding carboxylic acids is 1. The van der Waals surface area contributed by atoms with Crippen LogP contribution in [0.5, 0.6) is 5.75 Å². The second-order valence-electron chi connectivity index (χ2n) is 5.11. The molecule has 0 spiro atoms. The average Bonchev–Trinajstić information content (AvgIpc) is 2.50. The molecule has 0 saturated carbocycles. The molecule has 0 radical (unpaired) electrons. The first-order chi connectivity index (χ1) is 10.0. The summed E-state index contributed by atoms with van der Waals surface area (Å²) in [6.07, 6.45) is 0. The van der Waals surface area contributed by atoms with Crippen LogP contribution in [0.4, 0.5) is 0 Å². The van der Waals surface area contributed by atoms with E-state index in [2.05, 4.69) is 0 Å². The molecule has 110 valence electrons. The Morgan fingerprint density at radius 3 is 2.48 bits per heavy atom. The van der Waals surface area contributed by atoms with E-state index < -0.39 is 0 Å². The summed E-state index contributed by atoms with van der Waals surface area (Å²) in [7, 11) is 1.72. The number of hydrogen-bond acceptors (Lipinski definition) is 3. The first kappa shape index (κ1) is 15.1. The lowest BCUT2D eigenvalue weighted by Gasteiger charge is -2.20. The zero-order chi connectivity index (χ0) is 15.4. The van der Waals surface area contributed by atoms with Crippen molar-refractivity contribution in [3.05, 3.63) is 64.7 Å². The van der Waals surface area contributed by atoms with Gasteiger partial charge in [0.25, 0.3) is 5.91 Å². The molecule has 0 heterocycles. The SMILES string of the molecule is Cc1cccc(C(=O)N(C)Cc2ccccc2CN)c1O. The highest BCUT2D eigenvalue weighted by molar-refractivity contribution is 5.97. The number of aryl methyl sites for hydroxylation is 1. The molecule has 0 aliphatic carbocycles. The highest BCUT2D eigenvalue weighted by Crippen LogP contribution is 2.23. The van der Waals surface area contributed by atoms with Crippen molar-refractivity contribution >= 4 is 5.91 Å². The van der Waals surface area contributed by atoms with Crippen LogP contribution < -0.4 is 5.73 Å². The summed E-state index contributed by atoms with van der Waals surface area (Å²) in [4.78, 5) is 14.0. The lowest BCUT2D eigenvalue weighted by Crippen LogP contribution is -2.27. The number of amides is 1. The standard InChI is InChI=1S/C17H20N2O2/c1-12-6-5-9-15(16(12)20)17(21)19(2)11-14-8-4-3-7-13(14)10-18/h3-9,20H,10-11,18H2,1-2H3. The summed E-state index contributed by atoms with van der Waals surface area (Å²) in [5.41, 5.74) is 8.76. The summed E-state index contributed by atoms with van der Waals surface area (Å²) >= 11 is 0. The van der Waals surface area contributed by atoms with Crippen LogP contribution in [-0.2, 0) is 13.1 Å². The molecule has 2 rings (SSSR count). The van der Waals surface area contributed by atoms with Gasteiger partial charge in [-0.3, -0.25) is 4.79 Å². The van der Waals surface area contributed by atoms with Crippen LogP contribution in [0.25, 0.3) is 0 Å². The summed E-state index contributed by atoms with van der Waals surface area (Å²) in [5, 5.41) is 10.0. The molecule has 3 N–H and O–H groups in total. The minimum Gasteiger partial charge on any atom is -0.507 e. The number of hydrogen-bond donors (Lipinski definition) is 2. The van der Waals surface area contributed by atoms with Gasteiger partial charge in [-0.2, -0.15) is 0 Å². The molecule has 1 amide bonds. The van der Waals surface area contributed by atoms with E-state index in [9.17, 15) is 9.90 Å². The first-order valence-corrected chi connectivity index (χ1v) is 6.85. The minimum atomic E-state index is -0.206. The van der Waals surface area contributed by atoms with Crippen LogP contribution in [0.2, 0.25) is 0 Å². The Labute approximate surface area is 124 Å². The van der Waals surface area contributed by atoms with Gasteiger partial charge < -0.3 is 15.7 Å². The number of para-hydroxylation sites is 1. The monoisotopic (exact) mass is 284 g/mol. The third-order valence-corrected chi connectivity index (χ3v) is 3.56. The van der Waals surface area contributed by atoms with Crippen molar-refractivity contribution < 1.29 is 9.90 Å². The molecule has 0 aromatic heterocycles. The topological polar surface area (TPSA) is 66.6 Å². The number of aromatic hydroxyl groups is 1. The Hall–Kier alpha value is -2.33. The number of phenolic OH excluding ortho intramolecular Hbond substituents is 1. The van der Waals surface area contributed by atoms with Gasteiger partial charge >= 0.3 is 0 Å². The van der Waals surface area contributed by atoms with E-state index >= 15 is 0 Å². The molecular weight excluding hydrogens is 264 g/mol. The minimum absolute atomic E-state index is 0.0430. The highest BCUT2D eigenvalue weighted by atomic mass is 16.3. The van der Waals surface area contributed by atoms with Crippen LogP contribution in [0.3, 0.4) is 0 Å². The molecule has 0 atom stereocenters. The largest absolute Gasteiger partial charge is 0.507 e. The predicted molar refractivity (Wildman–Crippen MR) is 83.0 cm³/mol. The Balaban J connectivity index is 2.22. The van der Waals surface area contributed by atoms with Crippen molar-refractivity contribution in [2.45, 2.75) is 20.0 Å². The highest BCUT2D eigenvalue weighted by Gasteiger charge is 2.17. The molecule has 0 unspecified atom stereocenters. The van der Waals surface area contributed by atoms with Crippen molar-refractivity contribution in [1.29, 1.82) is 0 Å². The average molecular weight is 284 g/mol. The molecular formula is C17H20N2O2. The second kappa shape index (κ2) is 6.41. The van der Waals surface area contributed by atoms with Crippen LogP contribution in [-0.4, -0.2) is 23.0 Å². The maximum atomic E-state index is 12.5. The van der Waals surface area contributed by atoms with E-state index in [0.29, 0.717) is 24.2 Å². The molecule has 0 bridgehead atoms. The molecule has 2 aromatic carbocycles. The van der Waals surface area contributed by atoms with E-state index in [0.717, 1.165) is 11.1 Å². The predicted octanol–water partition coefficient (Wildman–Crippen LogP) is 2.43. The number of nitrogens with zero attached hydrogens (tertiary/aromatic N) is 1. The molecule has 4 nitrogen and oxygen atoms in total. The molecule has 21 heavy (non-hydrogen) atoms. The molecule has 2 aromatic rings. The van der Waals surface area contributed by atoms with E-state index in [1.165, 1.54) is 0 Å². The van der Waals surface area contributed by atoms with Crippen molar-refractivity contribution in [3.63, 3.8) is 0 Å². The molecule has 0 fully saturated rings. The smallest absolute Gasteiger partial charge is 0.257 e. The third-order valence-electron chi connectivity index (χ3n) is 3.56. The maximum absolute atomic E-state index is 12.5. The summed E-state index contributed by atoms with van der Waals surface area (Å²) in [6.45, 7) is 2.67. The lowest BCUT2D eigenvalue weighted by atomic mass is 10.1. The van der Waals surface area contributed by atoms with E-state index in [1.54, 1.807) is 37.1 Å². The normalized spacial score (nSPS) is 10.4. The van der Waals surface area contributed by atoms with Gasteiger partial charge in [-0.15, -0.1) is 0 Å². The third kappa shape index (κ3) is 3.23. The fraction of sp³-hybridized carbons (Fsp3) is 0.235. The van der Waals surface area contributed by atoms with Gasteiger partial charge in [-0.1, -0.05) is 36.4 Å². The van der Waals surface area contributed by atoms with Crippen LogP contribution in [0, 0.1) is 6.92 Å². The number of rotatable bonds is 4. The van der Waals surface area contributed by atoms with Crippen molar-refractivity contribution in [1.82, 2.24) is 4.90 Å². The summed E-state index contributed by atoms with van der Waals surface area (Å²) < 4.78 is 0. The Kier molecular flexibility index (Phi) is 4.60. The Morgan fingerprint density at radius 2 is 1.81 bits per heavy atom. The summed E-state index contributed by atoms with van der Waals surface area (Å²) in [6, 6.07) is 13.0. The van der Waals surface area contributed by atoms with Gasteiger partial charge in [-0.05, 0) is 29.7 Å². The van der Waals surface area contributed by atoms with Gasteiger partial charge in [0.2, 0.25) is 0 Å².